The molecule has 1 aliphatic heterocycles. The van der Waals surface area contributed by atoms with Gasteiger partial charge in [0, 0.05) is 11.6 Å². The number of benzene rings is 3. The van der Waals surface area contributed by atoms with Crippen LogP contribution in [0.5, 0.6) is 5.75 Å². The number of ether oxygens (including phenoxy) is 1. The zero-order chi connectivity index (χ0) is 23.3. The molecule has 0 aliphatic carbocycles. The number of nitrogens with zero attached hydrogens (tertiary/aromatic N) is 1. The molecule has 1 amide bonds. The average Bonchev–Trinajstić information content (AvgIpc) is 3.08. The SMILES string of the molecule is COc1ccc(CN2C(=O)c3oc4cc(C)c(C)cc4c(=O)c3[C@H]2c2ccc(Cl)cc2)cc1. The van der Waals surface area contributed by atoms with E-state index in [-0.39, 0.29) is 17.1 Å². The first-order chi connectivity index (χ1) is 15.9. The summed E-state index contributed by atoms with van der Waals surface area (Å²) in [5.41, 5.74) is 4.33. The van der Waals surface area contributed by atoms with Crippen LogP contribution in [0.4, 0.5) is 0 Å². The van der Waals surface area contributed by atoms with Gasteiger partial charge in [-0.3, -0.25) is 9.59 Å². The number of carbonyl (C=O) groups excluding carboxylic acids is 1. The van der Waals surface area contributed by atoms with E-state index in [1.165, 1.54) is 0 Å². The van der Waals surface area contributed by atoms with Gasteiger partial charge in [0.1, 0.15) is 11.3 Å². The molecule has 2 heterocycles. The standard InChI is InChI=1S/C27H22ClNO4/c1-15-12-21-22(13-16(15)2)33-26-23(25(21)30)24(18-6-8-19(28)9-7-18)29(27(26)31)14-17-4-10-20(32-3)11-5-17/h4-13,24H,14H2,1-3H3/t24-/m1/s1. The minimum Gasteiger partial charge on any atom is -0.497 e. The Labute approximate surface area is 196 Å². The normalized spacial score (nSPS) is 15.2. The Bertz CT molecular complexity index is 1440. The number of carbonyl (C=O) groups is 1. The smallest absolute Gasteiger partial charge is 0.291 e. The van der Waals surface area contributed by atoms with E-state index in [2.05, 4.69) is 0 Å². The predicted octanol–water partition coefficient (Wildman–Crippen LogP) is 5.82. The minimum atomic E-state index is -0.575. The lowest BCUT2D eigenvalue weighted by molar-refractivity contribution is 0.0714. The average molecular weight is 460 g/mol. The molecule has 6 heteroatoms. The van der Waals surface area contributed by atoms with Gasteiger partial charge in [0.2, 0.25) is 5.76 Å². The Kier molecular flexibility index (Phi) is 5.22. The summed E-state index contributed by atoms with van der Waals surface area (Å²) < 4.78 is 11.3. The molecule has 0 bridgehead atoms. The highest BCUT2D eigenvalue weighted by molar-refractivity contribution is 6.30. The molecule has 33 heavy (non-hydrogen) atoms. The largest absolute Gasteiger partial charge is 0.497 e. The third kappa shape index (κ3) is 3.58. The molecule has 4 aromatic rings. The van der Waals surface area contributed by atoms with Crippen molar-refractivity contribution in [1.29, 1.82) is 0 Å². The van der Waals surface area contributed by atoms with Gasteiger partial charge in [-0.15, -0.1) is 0 Å². The van der Waals surface area contributed by atoms with Crippen LogP contribution < -0.4 is 10.2 Å². The van der Waals surface area contributed by atoms with E-state index in [0.717, 1.165) is 28.0 Å². The van der Waals surface area contributed by atoms with E-state index in [4.69, 9.17) is 20.8 Å². The van der Waals surface area contributed by atoms with Crippen molar-refractivity contribution in [2.45, 2.75) is 26.4 Å². The summed E-state index contributed by atoms with van der Waals surface area (Å²) in [5.74, 6) is 0.528. The van der Waals surface area contributed by atoms with Crippen LogP contribution in [-0.2, 0) is 6.54 Å². The van der Waals surface area contributed by atoms with Crippen LogP contribution in [0, 0.1) is 13.8 Å². The van der Waals surface area contributed by atoms with Gasteiger partial charge in [-0.1, -0.05) is 35.9 Å². The molecule has 0 N–H and O–H groups in total. The van der Waals surface area contributed by atoms with E-state index in [9.17, 15) is 9.59 Å². The van der Waals surface area contributed by atoms with Crippen molar-refractivity contribution < 1.29 is 13.9 Å². The number of amides is 1. The zero-order valence-corrected chi connectivity index (χ0v) is 19.3. The minimum absolute atomic E-state index is 0.101. The van der Waals surface area contributed by atoms with E-state index in [1.807, 2.05) is 62.4 Å². The monoisotopic (exact) mass is 459 g/mol. The summed E-state index contributed by atoms with van der Waals surface area (Å²) in [6.07, 6.45) is 0. The summed E-state index contributed by atoms with van der Waals surface area (Å²) in [5, 5.41) is 1.07. The van der Waals surface area contributed by atoms with Crippen molar-refractivity contribution in [1.82, 2.24) is 4.90 Å². The Morgan fingerprint density at radius 1 is 0.970 bits per heavy atom. The molecule has 1 aliphatic rings. The number of hydrogen-bond acceptors (Lipinski definition) is 4. The van der Waals surface area contributed by atoms with Gasteiger partial charge < -0.3 is 14.1 Å². The van der Waals surface area contributed by atoms with Gasteiger partial charge in [0.25, 0.3) is 5.91 Å². The van der Waals surface area contributed by atoms with Gasteiger partial charge in [-0.25, -0.2) is 0 Å². The number of aryl methyl sites for hydroxylation is 2. The molecule has 3 aromatic carbocycles. The van der Waals surface area contributed by atoms with Gasteiger partial charge in [0.15, 0.2) is 5.43 Å². The van der Waals surface area contributed by atoms with Gasteiger partial charge in [0.05, 0.1) is 24.1 Å². The van der Waals surface area contributed by atoms with Crippen LogP contribution in [0.3, 0.4) is 0 Å². The molecule has 5 rings (SSSR count). The predicted molar refractivity (Wildman–Crippen MR) is 128 cm³/mol. The summed E-state index contributed by atoms with van der Waals surface area (Å²) in [6.45, 7) is 4.23. The van der Waals surface area contributed by atoms with Crippen molar-refractivity contribution in [2.75, 3.05) is 7.11 Å². The van der Waals surface area contributed by atoms with Crippen LogP contribution >= 0.6 is 11.6 Å². The second-order valence-corrected chi connectivity index (χ2v) is 8.78. The lowest BCUT2D eigenvalue weighted by Gasteiger charge is -2.25. The molecular formula is C27H22ClNO4. The third-order valence-corrected chi connectivity index (χ3v) is 6.53. The van der Waals surface area contributed by atoms with Crippen molar-refractivity contribution in [3.05, 3.63) is 109 Å². The van der Waals surface area contributed by atoms with E-state index < -0.39 is 6.04 Å². The van der Waals surface area contributed by atoms with E-state index in [1.54, 1.807) is 24.1 Å². The maximum atomic E-state index is 13.7. The maximum absolute atomic E-state index is 13.7. The van der Waals surface area contributed by atoms with Crippen molar-refractivity contribution >= 4 is 28.5 Å². The van der Waals surface area contributed by atoms with Crippen LogP contribution in [0.15, 0.2) is 69.9 Å². The molecule has 5 nitrogen and oxygen atoms in total. The van der Waals surface area contributed by atoms with E-state index >= 15 is 0 Å². The molecule has 0 radical (unpaired) electrons. The molecule has 0 saturated carbocycles. The summed E-state index contributed by atoms with van der Waals surface area (Å²) in [7, 11) is 1.61. The highest BCUT2D eigenvalue weighted by atomic mass is 35.5. The Morgan fingerprint density at radius 2 is 1.64 bits per heavy atom. The highest BCUT2D eigenvalue weighted by Gasteiger charge is 2.42. The molecule has 166 valence electrons. The Morgan fingerprint density at radius 3 is 2.30 bits per heavy atom. The summed E-state index contributed by atoms with van der Waals surface area (Å²) >= 11 is 6.11. The lowest BCUT2D eigenvalue weighted by Crippen LogP contribution is -2.29. The number of rotatable bonds is 4. The second kappa shape index (κ2) is 8.09. The van der Waals surface area contributed by atoms with Crippen LogP contribution in [0.1, 0.15) is 44.4 Å². The number of methoxy groups -OCH3 is 1. The Balaban J connectivity index is 1.70. The van der Waals surface area contributed by atoms with Crippen molar-refractivity contribution in [3.8, 4) is 5.75 Å². The third-order valence-electron chi connectivity index (χ3n) is 6.28. The molecular weight excluding hydrogens is 438 g/mol. The van der Waals surface area contributed by atoms with E-state index in [0.29, 0.717) is 28.1 Å². The fourth-order valence-corrected chi connectivity index (χ4v) is 4.48. The molecule has 0 saturated heterocycles. The molecule has 0 spiro atoms. The van der Waals surface area contributed by atoms with Crippen molar-refractivity contribution in [2.24, 2.45) is 0 Å². The lowest BCUT2D eigenvalue weighted by atomic mass is 9.97. The van der Waals surface area contributed by atoms with Crippen LogP contribution in [-0.4, -0.2) is 17.9 Å². The molecule has 0 fully saturated rings. The number of fused-ring (bicyclic) bond motifs is 2. The number of hydrogen-bond donors (Lipinski definition) is 0. The summed E-state index contributed by atoms with van der Waals surface area (Å²) in [6, 6.07) is 17.8. The quantitative estimate of drug-likeness (QED) is 0.386. The highest BCUT2D eigenvalue weighted by Crippen LogP contribution is 2.39. The number of halogens is 1. The van der Waals surface area contributed by atoms with Crippen LogP contribution in [0.25, 0.3) is 11.0 Å². The van der Waals surface area contributed by atoms with Gasteiger partial charge in [-0.05, 0) is 72.5 Å². The first-order valence-corrected chi connectivity index (χ1v) is 11.0. The van der Waals surface area contributed by atoms with Crippen LogP contribution in [0.2, 0.25) is 5.02 Å². The maximum Gasteiger partial charge on any atom is 0.291 e. The summed E-state index contributed by atoms with van der Waals surface area (Å²) in [4.78, 5) is 28.9. The van der Waals surface area contributed by atoms with Gasteiger partial charge >= 0.3 is 0 Å². The van der Waals surface area contributed by atoms with Gasteiger partial charge in [-0.2, -0.15) is 0 Å². The molecule has 0 unspecified atom stereocenters. The van der Waals surface area contributed by atoms with Crippen molar-refractivity contribution in [3.63, 3.8) is 0 Å². The first kappa shape index (κ1) is 21.3. The molecule has 1 atom stereocenters. The topological polar surface area (TPSA) is 59.8 Å². The molecule has 1 aromatic heterocycles. The fourth-order valence-electron chi connectivity index (χ4n) is 4.36. The fraction of sp³-hybridized carbons (Fsp3) is 0.185. The second-order valence-electron chi connectivity index (χ2n) is 8.34. The first-order valence-electron chi connectivity index (χ1n) is 10.6. The zero-order valence-electron chi connectivity index (χ0n) is 18.5. The Hall–Kier alpha value is -3.57.